The molecule has 1 aromatic carbocycles. The Hall–Kier alpha value is -2.16. The van der Waals surface area contributed by atoms with Crippen LogP contribution in [0.4, 0.5) is 0 Å². The average molecular weight is 268 g/mol. The van der Waals surface area contributed by atoms with E-state index < -0.39 is 0 Å². The molecule has 0 N–H and O–H groups in total. The third-order valence-electron chi connectivity index (χ3n) is 3.54. The zero-order valence-electron chi connectivity index (χ0n) is 12.5. The van der Waals surface area contributed by atoms with Gasteiger partial charge in [0.15, 0.2) is 5.78 Å². The topological polar surface area (TPSA) is 34.9 Å². The van der Waals surface area contributed by atoms with E-state index in [0.29, 0.717) is 5.56 Å². The summed E-state index contributed by atoms with van der Waals surface area (Å²) in [6.07, 6.45) is 6.89. The van der Waals surface area contributed by atoms with Gasteiger partial charge in [-0.05, 0) is 56.0 Å². The highest BCUT2D eigenvalue weighted by atomic mass is 16.1. The molecule has 3 nitrogen and oxygen atoms in total. The monoisotopic (exact) mass is 268 g/mol. The average Bonchev–Trinajstić information content (AvgIpc) is 2.90. The van der Waals surface area contributed by atoms with Crippen molar-refractivity contribution in [2.45, 2.75) is 34.2 Å². The maximum absolute atomic E-state index is 12.1. The van der Waals surface area contributed by atoms with Crippen molar-refractivity contribution in [3.8, 4) is 0 Å². The van der Waals surface area contributed by atoms with E-state index in [0.717, 1.165) is 12.1 Å². The summed E-state index contributed by atoms with van der Waals surface area (Å²) >= 11 is 0. The van der Waals surface area contributed by atoms with Crippen LogP contribution in [-0.4, -0.2) is 15.6 Å². The van der Waals surface area contributed by atoms with Gasteiger partial charge in [0.1, 0.15) is 0 Å². The second-order valence-corrected chi connectivity index (χ2v) is 5.08. The highest BCUT2D eigenvalue weighted by molar-refractivity contribution is 6.06. The largest absolute Gasteiger partial charge is 0.289 e. The molecule has 0 bridgehead atoms. The Balaban J connectivity index is 2.21. The molecule has 2 rings (SSSR count). The van der Waals surface area contributed by atoms with Crippen LogP contribution in [0.2, 0.25) is 0 Å². The molecule has 0 aliphatic carbocycles. The Labute approximate surface area is 119 Å². The van der Waals surface area contributed by atoms with Gasteiger partial charge in [0.2, 0.25) is 0 Å². The van der Waals surface area contributed by atoms with Gasteiger partial charge in [-0.3, -0.25) is 9.48 Å². The van der Waals surface area contributed by atoms with Crippen LogP contribution in [0.3, 0.4) is 0 Å². The fourth-order valence-corrected chi connectivity index (χ4v) is 2.09. The van der Waals surface area contributed by atoms with Gasteiger partial charge in [-0.1, -0.05) is 18.2 Å². The molecule has 3 heteroatoms. The summed E-state index contributed by atoms with van der Waals surface area (Å²) in [5, 5.41) is 4.12. The first-order valence-corrected chi connectivity index (χ1v) is 6.84. The lowest BCUT2D eigenvalue weighted by atomic mass is 10.00. The van der Waals surface area contributed by atoms with Gasteiger partial charge in [0, 0.05) is 12.7 Å². The van der Waals surface area contributed by atoms with Crippen molar-refractivity contribution >= 4 is 11.9 Å². The molecule has 0 saturated carbocycles. The molecule has 0 fully saturated rings. The number of aromatic nitrogens is 2. The van der Waals surface area contributed by atoms with Crippen LogP contribution in [0.15, 0.2) is 30.6 Å². The maximum atomic E-state index is 12.1. The summed E-state index contributed by atoms with van der Waals surface area (Å²) < 4.78 is 1.75. The number of nitrogens with zero attached hydrogens (tertiary/aromatic N) is 2. The molecule has 0 unspecified atom stereocenters. The SMILES string of the molecule is CCn1cc(C(=O)/C=C/c2cc(C)c(C)cc2C)cn1. The maximum Gasteiger partial charge on any atom is 0.189 e. The lowest BCUT2D eigenvalue weighted by Crippen LogP contribution is -1.95. The van der Waals surface area contributed by atoms with E-state index in [1.54, 1.807) is 23.2 Å². The number of aryl methyl sites for hydroxylation is 4. The molecular weight excluding hydrogens is 248 g/mol. The van der Waals surface area contributed by atoms with Crippen molar-refractivity contribution in [3.63, 3.8) is 0 Å². The molecule has 1 aromatic heterocycles. The van der Waals surface area contributed by atoms with Gasteiger partial charge in [-0.2, -0.15) is 5.10 Å². The summed E-state index contributed by atoms with van der Waals surface area (Å²) in [5.74, 6) is -0.0117. The van der Waals surface area contributed by atoms with Crippen LogP contribution in [-0.2, 0) is 6.54 Å². The number of ketones is 1. The second-order valence-electron chi connectivity index (χ2n) is 5.08. The van der Waals surface area contributed by atoms with Crippen molar-refractivity contribution in [3.05, 3.63) is 58.4 Å². The Kier molecular flexibility index (Phi) is 4.18. The standard InChI is InChI=1S/C17H20N2O/c1-5-19-11-16(10-18-19)17(20)7-6-15-9-13(3)12(2)8-14(15)4/h6-11H,5H2,1-4H3/b7-6+. The van der Waals surface area contributed by atoms with Crippen LogP contribution in [0.5, 0.6) is 0 Å². The first kappa shape index (κ1) is 14.3. The minimum absolute atomic E-state index is 0.0117. The van der Waals surface area contributed by atoms with Crippen molar-refractivity contribution in [1.29, 1.82) is 0 Å². The Morgan fingerprint density at radius 3 is 2.55 bits per heavy atom. The zero-order valence-corrected chi connectivity index (χ0v) is 12.5. The molecule has 0 aliphatic heterocycles. The van der Waals surface area contributed by atoms with Crippen molar-refractivity contribution < 1.29 is 4.79 Å². The predicted molar refractivity (Wildman–Crippen MR) is 81.9 cm³/mol. The predicted octanol–water partition coefficient (Wildman–Crippen LogP) is 3.72. The normalized spacial score (nSPS) is 11.2. The van der Waals surface area contributed by atoms with Gasteiger partial charge in [0.25, 0.3) is 0 Å². The number of allylic oxidation sites excluding steroid dienone is 1. The van der Waals surface area contributed by atoms with Gasteiger partial charge in [0.05, 0.1) is 11.8 Å². The van der Waals surface area contributed by atoms with Crippen LogP contribution in [0.25, 0.3) is 6.08 Å². The molecule has 0 radical (unpaired) electrons. The summed E-state index contributed by atoms with van der Waals surface area (Å²) in [4.78, 5) is 12.1. The fraction of sp³-hybridized carbons (Fsp3) is 0.294. The molecule has 104 valence electrons. The van der Waals surface area contributed by atoms with Crippen LogP contribution in [0, 0.1) is 20.8 Å². The first-order chi connectivity index (χ1) is 9.51. The van der Waals surface area contributed by atoms with E-state index in [1.165, 1.54) is 16.7 Å². The molecular formula is C17H20N2O. The minimum atomic E-state index is -0.0117. The van der Waals surface area contributed by atoms with E-state index in [2.05, 4.69) is 38.0 Å². The molecule has 20 heavy (non-hydrogen) atoms. The van der Waals surface area contributed by atoms with Crippen molar-refractivity contribution in [1.82, 2.24) is 9.78 Å². The van der Waals surface area contributed by atoms with Crippen LogP contribution >= 0.6 is 0 Å². The lowest BCUT2D eigenvalue weighted by molar-refractivity contribution is 0.104. The highest BCUT2D eigenvalue weighted by Gasteiger charge is 2.05. The summed E-state index contributed by atoms with van der Waals surface area (Å²) in [6.45, 7) is 9.01. The van der Waals surface area contributed by atoms with E-state index in [9.17, 15) is 4.79 Å². The molecule has 0 saturated heterocycles. The number of carbonyl (C=O) groups is 1. The smallest absolute Gasteiger partial charge is 0.189 e. The number of benzene rings is 1. The van der Waals surface area contributed by atoms with E-state index >= 15 is 0 Å². The third kappa shape index (κ3) is 3.05. The zero-order chi connectivity index (χ0) is 14.7. The second kappa shape index (κ2) is 5.87. The first-order valence-electron chi connectivity index (χ1n) is 6.84. The third-order valence-corrected chi connectivity index (χ3v) is 3.54. The van der Waals surface area contributed by atoms with E-state index in [-0.39, 0.29) is 5.78 Å². The van der Waals surface area contributed by atoms with Gasteiger partial charge >= 0.3 is 0 Å². The van der Waals surface area contributed by atoms with Gasteiger partial charge in [-0.15, -0.1) is 0 Å². The summed E-state index contributed by atoms with van der Waals surface area (Å²) in [5.41, 5.74) is 5.41. The Bertz CT molecular complexity index is 666. The molecule has 0 aliphatic rings. The number of carbonyl (C=O) groups excluding carboxylic acids is 1. The molecule has 0 amide bonds. The quantitative estimate of drug-likeness (QED) is 0.625. The number of hydrogen-bond acceptors (Lipinski definition) is 2. The molecule has 1 heterocycles. The summed E-state index contributed by atoms with van der Waals surface area (Å²) in [7, 11) is 0. The molecule has 2 aromatic rings. The van der Waals surface area contributed by atoms with Gasteiger partial charge < -0.3 is 0 Å². The number of rotatable bonds is 4. The Morgan fingerprint density at radius 1 is 1.20 bits per heavy atom. The van der Waals surface area contributed by atoms with Crippen molar-refractivity contribution in [2.24, 2.45) is 0 Å². The van der Waals surface area contributed by atoms with Gasteiger partial charge in [-0.25, -0.2) is 0 Å². The van der Waals surface area contributed by atoms with Crippen molar-refractivity contribution in [2.75, 3.05) is 0 Å². The summed E-state index contributed by atoms with van der Waals surface area (Å²) in [6, 6.07) is 4.26. The molecule has 0 spiro atoms. The van der Waals surface area contributed by atoms with E-state index in [1.807, 2.05) is 13.0 Å². The molecule has 0 atom stereocenters. The van der Waals surface area contributed by atoms with Crippen LogP contribution < -0.4 is 0 Å². The minimum Gasteiger partial charge on any atom is -0.289 e. The number of hydrogen-bond donors (Lipinski definition) is 0. The Morgan fingerprint density at radius 2 is 1.90 bits per heavy atom. The fourth-order valence-electron chi connectivity index (χ4n) is 2.09. The highest BCUT2D eigenvalue weighted by Crippen LogP contribution is 2.17. The van der Waals surface area contributed by atoms with E-state index in [4.69, 9.17) is 0 Å². The lowest BCUT2D eigenvalue weighted by Gasteiger charge is -2.05. The van der Waals surface area contributed by atoms with Crippen LogP contribution in [0.1, 0.15) is 39.5 Å².